The van der Waals surface area contributed by atoms with Gasteiger partial charge >= 0.3 is 6.09 Å². The monoisotopic (exact) mass is 366 g/mol. The van der Waals surface area contributed by atoms with E-state index in [1.807, 2.05) is 36.4 Å². The molecule has 2 N–H and O–H groups in total. The molecule has 27 heavy (non-hydrogen) atoms. The molecule has 3 rings (SSSR count). The summed E-state index contributed by atoms with van der Waals surface area (Å²) in [5.41, 5.74) is 1.80. The number of carbonyl (C=O) groups is 2. The summed E-state index contributed by atoms with van der Waals surface area (Å²) < 4.78 is 5.25. The Bertz CT molecular complexity index is 898. The zero-order valence-corrected chi connectivity index (χ0v) is 15.5. The lowest BCUT2D eigenvalue weighted by molar-refractivity contribution is -0.120. The smallest absolute Gasteiger partial charge is 0.409 e. The van der Waals surface area contributed by atoms with E-state index >= 15 is 0 Å². The number of ketones is 1. The van der Waals surface area contributed by atoms with Crippen molar-refractivity contribution in [2.24, 2.45) is 4.99 Å². The number of hydrogen-bond acceptors (Lipinski definition) is 5. The molecule has 0 radical (unpaired) electrons. The minimum Gasteiger partial charge on any atom is -0.508 e. The zero-order chi connectivity index (χ0) is 19.6. The molecule has 0 fully saturated rings. The molecule has 1 aliphatic rings. The standard InChI is InChI=1S/C21H22N2O4/c1-21(2,3)27-20(26)23-19-17(25)12-15-14(10-7-11-16(15)24)18(22-19)13-8-5-4-6-9-13/h4-11,19,24H,12H2,1-3H3,(H,23,26). The van der Waals surface area contributed by atoms with Crippen LogP contribution < -0.4 is 5.32 Å². The van der Waals surface area contributed by atoms with E-state index in [2.05, 4.69) is 10.3 Å². The number of hydrogen-bond donors (Lipinski definition) is 2. The molecule has 0 aliphatic carbocycles. The Morgan fingerprint density at radius 2 is 1.85 bits per heavy atom. The quantitative estimate of drug-likeness (QED) is 0.854. The fourth-order valence-electron chi connectivity index (χ4n) is 2.88. The predicted molar refractivity (Wildman–Crippen MR) is 102 cm³/mol. The molecule has 0 saturated carbocycles. The Labute approximate surface area is 157 Å². The number of phenolic OH excluding ortho intramolecular Hbond substituents is 1. The van der Waals surface area contributed by atoms with Crippen LogP contribution in [0.15, 0.2) is 53.5 Å². The number of ether oxygens (including phenoxy) is 1. The summed E-state index contributed by atoms with van der Waals surface area (Å²) in [6.45, 7) is 5.23. The second kappa shape index (κ2) is 7.23. The number of benzene rings is 2. The van der Waals surface area contributed by atoms with Crippen LogP contribution in [0.2, 0.25) is 0 Å². The molecule has 2 aromatic rings. The number of rotatable bonds is 2. The number of aromatic hydroxyl groups is 1. The second-order valence-electron chi connectivity index (χ2n) is 7.34. The summed E-state index contributed by atoms with van der Waals surface area (Å²) >= 11 is 0. The minimum absolute atomic E-state index is 0.0300. The number of carbonyl (C=O) groups excluding carboxylic acids is 2. The molecule has 1 aliphatic heterocycles. The van der Waals surface area contributed by atoms with Crippen molar-refractivity contribution in [3.05, 3.63) is 65.2 Å². The number of Topliss-reactive ketones (excluding diaryl/α,β-unsaturated/α-hetero) is 1. The van der Waals surface area contributed by atoms with Crippen LogP contribution >= 0.6 is 0 Å². The van der Waals surface area contributed by atoms with Gasteiger partial charge in [0.1, 0.15) is 11.4 Å². The summed E-state index contributed by atoms with van der Waals surface area (Å²) in [5, 5.41) is 12.8. The maximum absolute atomic E-state index is 12.7. The van der Waals surface area contributed by atoms with Crippen LogP contribution in [0.3, 0.4) is 0 Å². The molecule has 6 nitrogen and oxygen atoms in total. The summed E-state index contributed by atoms with van der Waals surface area (Å²) in [7, 11) is 0. The Morgan fingerprint density at radius 3 is 2.52 bits per heavy atom. The van der Waals surface area contributed by atoms with E-state index in [0.717, 1.165) is 5.56 Å². The summed E-state index contributed by atoms with van der Waals surface area (Å²) in [4.78, 5) is 29.4. The second-order valence-corrected chi connectivity index (χ2v) is 7.34. The van der Waals surface area contributed by atoms with Crippen molar-refractivity contribution in [1.82, 2.24) is 5.32 Å². The first-order valence-electron chi connectivity index (χ1n) is 8.71. The normalized spacial score (nSPS) is 16.8. The van der Waals surface area contributed by atoms with Crippen LogP contribution in [-0.2, 0) is 16.0 Å². The average molecular weight is 366 g/mol. The molecule has 2 aromatic carbocycles. The molecule has 0 aromatic heterocycles. The van der Waals surface area contributed by atoms with Crippen LogP contribution in [0.1, 0.15) is 37.5 Å². The van der Waals surface area contributed by atoms with Crippen molar-refractivity contribution in [3.63, 3.8) is 0 Å². The van der Waals surface area contributed by atoms with Crippen molar-refractivity contribution < 1.29 is 19.4 Å². The number of phenols is 1. The van der Waals surface area contributed by atoms with E-state index in [-0.39, 0.29) is 18.0 Å². The fourth-order valence-corrected chi connectivity index (χ4v) is 2.88. The number of aliphatic imine (C=N–C) groups is 1. The van der Waals surface area contributed by atoms with Crippen LogP contribution in [-0.4, -0.2) is 34.5 Å². The lowest BCUT2D eigenvalue weighted by Gasteiger charge is -2.21. The van der Waals surface area contributed by atoms with E-state index in [0.29, 0.717) is 16.8 Å². The van der Waals surface area contributed by atoms with Gasteiger partial charge in [-0.3, -0.25) is 15.1 Å². The SMILES string of the molecule is CC(C)(C)OC(=O)NC1N=C(c2ccccc2)c2cccc(O)c2CC1=O. The van der Waals surface area contributed by atoms with Crippen molar-refractivity contribution in [1.29, 1.82) is 0 Å². The third-order valence-electron chi connectivity index (χ3n) is 4.02. The van der Waals surface area contributed by atoms with Gasteiger partial charge in [0.15, 0.2) is 11.9 Å². The molecule has 1 atom stereocenters. The van der Waals surface area contributed by atoms with Gasteiger partial charge in [0.25, 0.3) is 0 Å². The number of fused-ring (bicyclic) bond motifs is 1. The molecular formula is C21H22N2O4. The van der Waals surface area contributed by atoms with Gasteiger partial charge in [0.05, 0.1) is 5.71 Å². The fraction of sp³-hybridized carbons (Fsp3) is 0.286. The largest absolute Gasteiger partial charge is 0.508 e. The highest BCUT2D eigenvalue weighted by Gasteiger charge is 2.30. The van der Waals surface area contributed by atoms with Crippen LogP contribution in [0.4, 0.5) is 4.79 Å². The third kappa shape index (κ3) is 4.34. The van der Waals surface area contributed by atoms with Gasteiger partial charge in [-0.15, -0.1) is 0 Å². The van der Waals surface area contributed by atoms with E-state index in [9.17, 15) is 14.7 Å². The van der Waals surface area contributed by atoms with Crippen LogP contribution in [0.5, 0.6) is 5.75 Å². The Kier molecular flexibility index (Phi) is 4.99. The van der Waals surface area contributed by atoms with Crippen molar-refractivity contribution in [2.45, 2.75) is 39.0 Å². The first-order valence-corrected chi connectivity index (χ1v) is 8.71. The topological polar surface area (TPSA) is 88.0 Å². The maximum atomic E-state index is 12.7. The Morgan fingerprint density at radius 1 is 1.15 bits per heavy atom. The van der Waals surface area contributed by atoms with E-state index in [1.54, 1.807) is 26.8 Å². The molecule has 0 bridgehead atoms. The van der Waals surface area contributed by atoms with Gasteiger partial charge < -0.3 is 9.84 Å². The number of alkyl carbamates (subject to hydrolysis) is 1. The Hall–Kier alpha value is -3.15. The first-order chi connectivity index (χ1) is 12.7. The summed E-state index contributed by atoms with van der Waals surface area (Å²) in [6.07, 6.45) is -1.85. The number of nitrogens with zero attached hydrogens (tertiary/aromatic N) is 1. The van der Waals surface area contributed by atoms with Gasteiger partial charge in [-0.1, -0.05) is 42.5 Å². The molecule has 1 amide bonds. The summed E-state index contributed by atoms with van der Waals surface area (Å²) in [5.74, 6) is -0.295. The highest BCUT2D eigenvalue weighted by atomic mass is 16.6. The van der Waals surface area contributed by atoms with Gasteiger partial charge in [-0.05, 0) is 26.8 Å². The molecule has 1 unspecified atom stereocenters. The van der Waals surface area contributed by atoms with Crippen molar-refractivity contribution in [3.8, 4) is 5.75 Å². The zero-order valence-electron chi connectivity index (χ0n) is 15.5. The molecule has 0 spiro atoms. The molecule has 6 heteroatoms. The van der Waals surface area contributed by atoms with E-state index in [1.165, 1.54) is 6.07 Å². The van der Waals surface area contributed by atoms with E-state index < -0.39 is 17.9 Å². The first kappa shape index (κ1) is 18.6. The van der Waals surface area contributed by atoms with Crippen molar-refractivity contribution in [2.75, 3.05) is 0 Å². The number of amides is 1. The van der Waals surface area contributed by atoms with Gasteiger partial charge in [0.2, 0.25) is 0 Å². The Balaban J connectivity index is 2.04. The van der Waals surface area contributed by atoms with Gasteiger partial charge in [0, 0.05) is 23.1 Å². The highest BCUT2D eigenvalue weighted by Crippen LogP contribution is 2.28. The third-order valence-corrected chi connectivity index (χ3v) is 4.02. The van der Waals surface area contributed by atoms with E-state index in [4.69, 9.17) is 4.74 Å². The molecule has 1 heterocycles. The highest BCUT2D eigenvalue weighted by molar-refractivity contribution is 6.16. The maximum Gasteiger partial charge on any atom is 0.409 e. The average Bonchev–Trinajstić information content (AvgIpc) is 2.72. The molecule has 0 saturated heterocycles. The molecule has 140 valence electrons. The van der Waals surface area contributed by atoms with Gasteiger partial charge in [-0.25, -0.2) is 4.79 Å². The van der Waals surface area contributed by atoms with Crippen LogP contribution in [0, 0.1) is 0 Å². The van der Waals surface area contributed by atoms with Crippen LogP contribution in [0.25, 0.3) is 0 Å². The molecular weight excluding hydrogens is 344 g/mol. The number of nitrogens with one attached hydrogen (secondary N) is 1. The predicted octanol–water partition coefficient (Wildman–Crippen LogP) is 3.21. The van der Waals surface area contributed by atoms with Crippen molar-refractivity contribution >= 4 is 17.6 Å². The van der Waals surface area contributed by atoms with Gasteiger partial charge in [-0.2, -0.15) is 0 Å². The lowest BCUT2D eigenvalue weighted by Crippen LogP contribution is -2.43. The minimum atomic E-state index is -1.10. The summed E-state index contributed by atoms with van der Waals surface area (Å²) in [6, 6.07) is 14.4. The lowest BCUT2D eigenvalue weighted by atomic mass is 9.95.